The Balaban J connectivity index is 2.52. The highest BCUT2D eigenvalue weighted by molar-refractivity contribution is 5.89. The molecule has 0 saturated carbocycles. The van der Waals surface area contributed by atoms with Crippen molar-refractivity contribution in [1.29, 1.82) is 0 Å². The van der Waals surface area contributed by atoms with E-state index in [2.05, 4.69) is 16.7 Å². The third-order valence-corrected chi connectivity index (χ3v) is 1.62. The lowest BCUT2D eigenvalue weighted by Gasteiger charge is -2.02. The third-order valence-electron chi connectivity index (χ3n) is 1.62. The smallest absolute Gasteiger partial charge is 0.293 e. The summed E-state index contributed by atoms with van der Waals surface area (Å²) in [5, 5.41) is 0. The van der Waals surface area contributed by atoms with Crippen LogP contribution in [-0.4, -0.2) is 12.6 Å². The maximum Gasteiger partial charge on any atom is 0.373 e. The molecular formula is C11H13O3. The summed E-state index contributed by atoms with van der Waals surface area (Å²) in [6.45, 7) is 5.78. The predicted molar refractivity (Wildman–Crippen MR) is 52.5 cm³/mol. The average Bonchev–Trinajstić information content (AvgIpc) is 2.18. The summed E-state index contributed by atoms with van der Waals surface area (Å²) in [4.78, 5) is 20.5. The molecule has 1 rings (SSSR count). The van der Waals surface area contributed by atoms with Crippen molar-refractivity contribution in [1.82, 2.24) is 0 Å². The van der Waals surface area contributed by atoms with Crippen LogP contribution in [0.4, 0.5) is 0 Å². The first kappa shape index (κ1) is 10.7. The van der Waals surface area contributed by atoms with Crippen LogP contribution in [0, 0.1) is 13.8 Å². The van der Waals surface area contributed by atoms with Crippen LogP contribution in [-0.2, 0) is 9.78 Å². The minimum Gasteiger partial charge on any atom is -0.293 e. The summed E-state index contributed by atoms with van der Waals surface area (Å²) in [6, 6.07) is 7.14. The largest absolute Gasteiger partial charge is 0.373 e. The summed E-state index contributed by atoms with van der Waals surface area (Å²) in [5.74, 6) is -0.470. The molecule has 1 aromatic rings. The highest BCUT2D eigenvalue weighted by Gasteiger charge is 2.07. The van der Waals surface area contributed by atoms with Gasteiger partial charge in [0.05, 0.1) is 12.2 Å². The minimum absolute atomic E-state index is 0.317. The molecule has 0 aliphatic rings. The Labute approximate surface area is 83.6 Å². The Morgan fingerprint density at radius 3 is 2.93 bits per heavy atom. The summed E-state index contributed by atoms with van der Waals surface area (Å²) < 4.78 is 0. The Morgan fingerprint density at radius 1 is 1.50 bits per heavy atom. The van der Waals surface area contributed by atoms with Gasteiger partial charge in [-0.3, -0.25) is 4.89 Å². The van der Waals surface area contributed by atoms with Gasteiger partial charge in [-0.25, -0.2) is 4.79 Å². The fraction of sp³-hybridized carbons (Fsp3) is 0.273. The standard InChI is InChI=1S/C11H13O3/c1-3-7-13-14-11(12)10-6-4-5-9(2)8-10/h4-6,8H,1,3,7H2,2H3. The van der Waals surface area contributed by atoms with Crippen molar-refractivity contribution < 1.29 is 14.6 Å². The second-order valence-electron chi connectivity index (χ2n) is 2.92. The van der Waals surface area contributed by atoms with E-state index in [1.807, 2.05) is 13.0 Å². The van der Waals surface area contributed by atoms with Crippen molar-refractivity contribution in [3.8, 4) is 0 Å². The molecule has 0 heterocycles. The van der Waals surface area contributed by atoms with Crippen molar-refractivity contribution in [3.63, 3.8) is 0 Å². The van der Waals surface area contributed by atoms with Crippen LogP contribution in [0.3, 0.4) is 0 Å². The van der Waals surface area contributed by atoms with E-state index in [1.54, 1.807) is 18.2 Å². The highest BCUT2D eigenvalue weighted by Crippen LogP contribution is 2.05. The topological polar surface area (TPSA) is 35.5 Å². The van der Waals surface area contributed by atoms with E-state index >= 15 is 0 Å². The van der Waals surface area contributed by atoms with Crippen molar-refractivity contribution in [2.45, 2.75) is 13.3 Å². The zero-order chi connectivity index (χ0) is 10.4. The first-order valence-electron chi connectivity index (χ1n) is 4.43. The summed E-state index contributed by atoms with van der Waals surface area (Å²) in [6.07, 6.45) is 0.571. The number of hydrogen-bond donors (Lipinski definition) is 0. The van der Waals surface area contributed by atoms with Crippen LogP contribution < -0.4 is 0 Å². The molecule has 0 saturated heterocycles. The molecule has 0 spiro atoms. The molecule has 0 aromatic heterocycles. The number of hydrogen-bond acceptors (Lipinski definition) is 3. The van der Waals surface area contributed by atoms with Gasteiger partial charge >= 0.3 is 5.97 Å². The fourth-order valence-electron chi connectivity index (χ4n) is 0.974. The number of benzene rings is 1. The number of carbonyl (C=O) groups is 1. The monoisotopic (exact) mass is 193 g/mol. The van der Waals surface area contributed by atoms with E-state index in [1.165, 1.54) is 0 Å². The predicted octanol–water partition coefficient (Wildman–Crippen LogP) is 2.31. The van der Waals surface area contributed by atoms with E-state index in [4.69, 9.17) is 0 Å². The highest BCUT2D eigenvalue weighted by atomic mass is 17.2. The van der Waals surface area contributed by atoms with Crippen molar-refractivity contribution >= 4 is 5.97 Å². The van der Waals surface area contributed by atoms with Crippen LogP contribution >= 0.6 is 0 Å². The van der Waals surface area contributed by atoms with Gasteiger partial charge in [-0.2, -0.15) is 4.89 Å². The Bertz CT molecular complexity index is 307. The Morgan fingerprint density at radius 2 is 2.29 bits per heavy atom. The first-order valence-corrected chi connectivity index (χ1v) is 4.43. The van der Waals surface area contributed by atoms with Gasteiger partial charge in [-0.05, 0) is 25.5 Å². The fourth-order valence-corrected chi connectivity index (χ4v) is 0.974. The molecule has 1 radical (unpaired) electrons. The SMILES string of the molecule is [CH2]CCOOC(=O)c1cccc(C)c1. The normalized spacial score (nSPS) is 9.86. The van der Waals surface area contributed by atoms with E-state index in [0.29, 0.717) is 18.6 Å². The Hall–Kier alpha value is -1.35. The van der Waals surface area contributed by atoms with Gasteiger partial charge in [0.1, 0.15) is 0 Å². The Kier molecular flexibility index (Phi) is 4.13. The van der Waals surface area contributed by atoms with E-state index < -0.39 is 5.97 Å². The van der Waals surface area contributed by atoms with Gasteiger partial charge in [-0.15, -0.1) is 0 Å². The van der Waals surface area contributed by atoms with E-state index in [0.717, 1.165) is 5.56 Å². The average molecular weight is 193 g/mol. The molecule has 0 fully saturated rings. The van der Waals surface area contributed by atoms with Gasteiger partial charge < -0.3 is 0 Å². The molecule has 75 valence electrons. The van der Waals surface area contributed by atoms with Gasteiger partial charge in [0.15, 0.2) is 0 Å². The molecular weight excluding hydrogens is 180 g/mol. The van der Waals surface area contributed by atoms with Crippen LogP contribution in [0.2, 0.25) is 0 Å². The van der Waals surface area contributed by atoms with Gasteiger partial charge in [0.2, 0.25) is 0 Å². The molecule has 0 unspecified atom stereocenters. The summed E-state index contributed by atoms with van der Waals surface area (Å²) >= 11 is 0. The molecule has 0 atom stereocenters. The molecule has 0 amide bonds. The van der Waals surface area contributed by atoms with Crippen LogP contribution in [0.15, 0.2) is 24.3 Å². The number of carbonyl (C=O) groups excluding carboxylic acids is 1. The summed E-state index contributed by atoms with van der Waals surface area (Å²) in [7, 11) is 0. The molecule has 3 heteroatoms. The van der Waals surface area contributed by atoms with Crippen molar-refractivity contribution in [3.05, 3.63) is 42.3 Å². The van der Waals surface area contributed by atoms with Gasteiger partial charge in [0.25, 0.3) is 0 Å². The van der Waals surface area contributed by atoms with Gasteiger partial charge in [-0.1, -0.05) is 24.6 Å². The molecule has 3 nitrogen and oxygen atoms in total. The molecule has 0 aliphatic carbocycles. The maximum atomic E-state index is 11.3. The lowest BCUT2D eigenvalue weighted by atomic mass is 10.1. The minimum atomic E-state index is -0.470. The van der Waals surface area contributed by atoms with Crippen LogP contribution in [0.25, 0.3) is 0 Å². The lowest BCUT2D eigenvalue weighted by Crippen LogP contribution is -2.06. The quantitative estimate of drug-likeness (QED) is 0.418. The van der Waals surface area contributed by atoms with Gasteiger partial charge in [0, 0.05) is 0 Å². The molecule has 14 heavy (non-hydrogen) atoms. The third kappa shape index (κ3) is 3.18. The molecule has 0 N–H and O–H groups in total. The van der Waals surface area contributed by atoms with Crippen molar-refractivity contribution in [2.75, 3.05) is 6.61 Å². The molecule has 1 aromatic carbocycles. The molecule has 0 bridgehead atoms. The van der Waals surface area contributed by atoms with E-state index in [9.17, 15) is 4.79 Å². The lowest BCUT2D eigenvalue weighted by molar-refractivity contribution is -0.239. The van der Waals surface area contributed by atoms with Crippen LogP contribution in [0.5, 0.6) is 0 Å². The zero-order valence-electron chi connectivity index (χ0n) is 8.16. The second-order valence-corrected chi connectivity index (χ2v) is 2.92. The van der Waals surface area contributed by atoms with Crippen molar-refractivity contribution in [2.24, 2.45) is 0 Å². The zero-order valence-corrected chi connectivity index (χ0v) is 8.16. The molecule has 0 aliphatic heterocycles. The van der Waals surface area contributed by atoms with E-state index in [-0.39, 0.29) is 0 Å². The summed E-state index contributed by atoms with van der Waals surface area (Å²) in [5.41, 5.74) is 1.51. The number of rotatable bonds is 4. The van der Waals surface area contributed by atoms with Crippen LogP contribution in [0.1, 0.15) is 22.3 Å². The number of aryl methyl sites for hydroxylation is 1. The maximum absolute atomic E-state index is 11.3. The first-order chi connectivity index (χ1) is 6.74. The second kappa shape index (κ2) is 5.40.